The van der Waals surface area contributed by atoms with E-state index in [1.54, 1.807) is 0 Å². The summed E-state index contributed by atoms with van der Waals surface area (Å²) >= 11 is 0. The van der Waals surface area contributed by atoms with E-state index in [1.165, 1.54) is 31.4 Å². The normalized spacial score (nSPS) is 15.5. The van der Waals surface area contributed by atoms with E-state index >= 15 is 0 Å². The molecule has 0 aromatic carbocycles. The quantitative estimate of drug-likeness (QED) is 0.866. The largest absolute Gasteiger partial charge is 0.339 e. The number of pyridine rings is 1. The van der Waals surface area contributed by atoms with Crippen molar-refractivity contribution in [3.63, 3.8) is 0 Å². The third kappa shape index (κ3) is 2.95. The first-order valence-corrected chi connectivity index (χ1v) is 7.29. The number of aromatic nitrogens is 3. The molecule has 0 spiro atoms. The minimum Gasteiger partial charge on any atom is -0.339 e. The molecule has 0 saturated heterocycles. The van der Waals surface area contributed by atoms with Gasteiger partial charge in [-0.05, 0) is 50.3 Å². The van der Waals surface area contributed by atoms with Crippen LogP contribution in [0.25, 0.3) is 11.2 Å². The van der Waals surface area contributed by atoms with Crippen molar-refractivity contribution in [3.8, 4) is 0 Å². The fourth-order valence-corrected chi connectivity index (χ4v) is 2.59. The Morgan fingerprint density at radius 3 is 2.95 bits per heavy atom. The van der Waals surface area contributed by atoms with E-state index in [0.29, 0.717) is 0 Å². The van der Waals surface area contributed by atoms with E-state index in [9.17, 15) is 0 Å². The molecule has 2 aromatic heterocycles. The molecule has 1 aliphatic carbocycles. The molecule has 19 heavy (non-hydrogen) atoms. The monoisotopic (exact) mass is 258 g/mol. The van der Waals surface area contributed by atoms with Gasteiger partial charge >= 0.3 is 0 Å². The fourth-order valence-electron chi connectivity index (χ4n) is 2.59. The predicted molar refractivity (Wildman–Crippen MR) is 76.9 cm³/mol. The van der Waals surface area contributed by atoms with Gasteiger partial charge in [0.05, 0.1) is 12.1 Å². The lowest BCUT2D eigenvalue weighted by molar-refractivity contribution is 0.250. The number of imidazole rings is 1. The number of nitrogens with one attached hydrogen (secondary N) is 1. The second kappa shape index (κ2) is 5.29. The van der Waals surface area contributed by atoms with Crippen molar-refractivity contribution in [2.45, 2.75) is 39.7 Å². The molecule has 0 atom stereocenters. The lowest BCUT2D eigenvalue weighted by atomic mass is 10.3. The molecule has 0 unspecified atom stereocenters. The minimum absolute atomic E-state index is 0.845. The molecule has 1 saturated carbocycles. The van der Waals surface area contributed by atoms with Gasteiger partial charge in [-0.3, -0.25) is 4.90 Å². The predicted octanol–water partition coefficient (Wildman–Crippen LogP) is 2.89. The molecule has 2 aromatic rings. The van der Waals surface area contributed by atoms with E-state index < -0.39 is 0 Å². The molecule has 2 heterocycles. The van der Waals surface area contributed by atoms with Crippen LogP contribution in [0.5, 0.6) is 0 Å². The summed E-state index contributed by atoms with van der Waals surface area (Å²) in [6.45, 7) is 7.63. The molecule has 0 aliphatic heterocycles. The van der Waals surface area contributed by atoms with Gasteiger partial charge in [0.25, 0.3) is 0 Å². The van der Waals surface area contributed by atoms with Gasteiger partial charge in [0.15, 0.2) is 5.65 Å². The molecule has 1 fully saturated rings. The number of fused-ring (bicyclic) bond motifs is 1. The molecule has 1 aliphatic rings. The Bertz CT molecular complexity index is 556. The molecular weight excluding hydrogens is 236 g/mol. The number of rotatable bonds is 6. The second-order valence-corrected chi connectivity index (χ2v) is 5.69. The van der Waals surface area contributed by atoms with E-state index in [4.69, 9.17) is 0 Å². The Morgan fingerprint density at radius 2 is 2.26 bits per heavy atom. The summed E-state index contributed by atoms with van der Waals surface area (Å²) in [5.41, 5.74) is 3.14. The lowest BCUT2D eigenvalue weighted by Crippen LogP contribution is -2.26. The second-order valence-electron chi connectivity index (χ2n) is 5.69. The van der Waals surface area contributed by atoms with Crippen molar-refractivity contribution in [2.24, 2.45) is 5.92 Å². The third-order valence-corrected chi connectivity index (χ3v) is 3.78. The summed E-state index contributed by atoms with van der Waals surface area (Å²) in [6.07, 6.45) is 5.84. The van der Waals surface area contributed by atoms with Crippen molar-refractivity contribution >= 4 is 11.2 Å². The number of hydrogen-bond acceptors (Lipinski definition) is 3. The van der Waals surface area contributed by atoms with Crippen LogP contribution in [-0.4, -0.2) is 32.9 Å². The van der Waals surface area contributed by atoms with Gasteiger partial charge < -0.3 is 4.98 Å². The first-order chi connectivity index (χ1) is 9.26. The molecule has 0 radical (unpaired) electrons. The Kier molecular flexibility index (Phi) is 3.51. The Labute approximate surface area is 114 Å². The van der Waals surface area contributed by atoms with Crippen LogP contribution in [0.3, 0.4) is 0 Å². The minimum atomic E-state index is 0.845. The van der Waals surface area contributed by atoms with Gasteiger partial charge in [0.2, 0.25) is 0 Å². The molecule has 3 rings (SSSR count). The van der Waals surface area contributed by atoms with E-state index in [-0.39, 0.29) is 0 Å². The van der Waals surface area contributed by atoms with Gasteiger partial charge in [0.1, 0.15) is 5.82 Å². The van der Waals surface area contributed by atoms with Crippen LogP contribution in [0.1, 0.15) is 37.6 Å². The highest BCUT2D eigenvalue weighted by Crippen LogP contribution is 2.30. The summed E-state index contributed by atoms with van der Waals surface area (Å²) in [5.74, 6) is 1.97. The number of aryl methyl sites for hydroxylation is 1. The molecule has 102 valence electrons. The molecule has 0 bridgehead atoms. The van der Waals surface area contributed by atoms with Gasteiger partial charge in [-0.1, -0.05) is 6.92 Å². The Hall–Kier alpha value is -1.42. The van der Waals surface area contributed by atoms with Gasteiger partial charge in [-0.15, -0.1) is 0 Å². The van der Waals surface area contributed by atoms with Gasteiger partial charge in [-0.2, -0.15) is 0 Å². The van der Waals surface area contributed by atoms with Crippen molar-refractivity contribution < 1.29 is 0 Å². The lowest BCUT2D eigenvalue weighted by Gasteiger charge is -2.19. The van der Waals surface area contributed by atoms with Gasteiger partial charge in [0, 0.05) is 12.7 Å². The average Bonchev–Trinajstić information content (AvgIpc) is 3.08. The van der Waals surface area contributed by atoms with Crippen molar-refractivity contribution in [3.05, 3.63) is 23.7 Å². The van der Waals surface area contributed by atoms with Crippen molar-refractivity contribution in [1.82, 2.24) is 19.9 Å². The standard InChI is InChI=1S/C15H22N4/c1-3-8-19(9-12-4-5-12)10-13-17-14-11(2)6-7-16-15(14)18-13/h6-7,12H,3-5,8-10H2,1-2H3,(H,16,17,18). The number of aromatic amines is 1. The summed E-state index contributed by atoms with van der Waals surface area (Å²) in [6, 6.07) is 2.03. The van der Waals surface area contributed by atoms with E-state index in [2.05, 4.69) is 33.7 Å². The number of H-pyrrole nitrogens is 1. The first-order valence-electron chi connectivity index (χ1n) is 7.29. The van der Waals surface area contributed by atoms with Crippen LogP contribution in [0.15, 0.2) is 12.3 Å². The summed E-state index contributed by atoms with van der Waals surface area (Å²) in [5, 5.41) is 0. The molecule has 1 N–H and O–H groups in total. The molecule has 4 heteroatoms. The first kappa shape index (κ1) is 12.6. The van der Waals surface area contributed by atoms with Crippen LogP contribution in [0.2, 0.25) is 0 Å². The summed E-state index contributed by atoms with van der Waals surface area (Å²) < 4.78 is 0. The highest BCUT2D eigenvalue weighted by atomic mass is 15.2. The fraction of sp³-hybridized carbons (Fsp3) is 0.600. The number of nitrogens with zero attached hydrogens (tertiary/aromatic N) is 3. The Balaban J connectivity index is 1.76. The van der Waals surface area contributed by atoms with Crippen LogP contribution in [-0.2, 0) is 6.54 Å². The molecular formula is C15H22N4. The SMILES string of the molecule is CCCN(Cc1nc2nccc(C)c2[nH]1)CC1CC1. The zero-order valence-electron chi connectivity index (χ0n) is 11.8. The third-order valence-electron chi connectivity index (χ3n) is 3.78. The van der Waals surface area contributed by atoms with Crippen molar-refractivity contribution in [1.29, 1.82) is 0 Å². The topological polar surface area (TPSA) is 44.8 Å². The van der Waals surface area contributed by atoms with Crippen LogP contribution < -0.4 is 0 Å². The maximum absolute atomic E-state index is 4.61. The number of hydrogen-bond donors (Lipinski definition) is 1. The highest BCUT2D eigenvalue weighted by molar-refractivity contribution is 5.74. The smallest absolute Gasteiger partial charge is 0.178 e. The zero-order valence-corrected chi connectivity index (χ0v) is 11.8. The summed E-state index contributed by atoms with van der Waals surface area (Å²) in [7, 11) is 0. The van der Waals surface area contributed by atoms with Crippen molar-refractivity contribution in [2.75, 3.05) is 13.1 Å². The molecule has 0 amide bonds. The summed E-state index contributed by atoms with van der Waals surface area (Å²) in [4.78, 5) is 14.9. The maximum atomic E-state index is 4.61. The van der Waals surface area contributed by atoms with Crippen LogP contribution in [0.4, 0.5) is 0 Å². The maximum Gasteiger partial charge on any atom is 0.178 e. The molecule has 4 nitrogen and oxygen atoms in total. The highest BCUT2D eigenvalue weighted by Gasteiger charge is 2.24. The van der Waals surface area contributed by atoms with Gasteiger partial charge in [-0.25, -0.2) is 9.97 Å². The van der Waals surface area contributed by atoms with E-state index in [0.717, 1.165) is 36.0 Å². The van der Waals surface area contributed by atoms with Crippen LogP contribution in [0, 0.1) is 12.8 Å². The van der Waals surface area contributed by atoms with Crippen LogP contribution >= 0.6 is 0 Å². The Morgan fingerprint density at radius 1 is 1.42 bits per heavy atom. The average molecular weight is 258 g/mol. The van der Waals surface area contributed by atoms with E-state index in [1.807, 2.05) is 12.3 Å². The zero-order chi connectivity index (χ0) is 13.2.